The van der Waals surface area contributed by atoms with Crippen molar-refractivity contribution < 1.29 is 4.65 Å². The molecule has 108 valence electrons. The van der Waals surface area contributed by atoms with Gasteiger partial charge >= 0.3 is 0 Å². The summed E-state index contributed by atoms with van der Waals surface area (Å²) < 4.78 is -0.141. The number of anilines is 1. The van der Waals surface area contributed by atoms with E-state index < -0.39 is 0 Å². The highest BCUT2D eigenvalue weighted by Gasteiger charge is 2.36. The number of hydrogen-bond acceptors (Lipinski definition) is 2. The van der Waals surface area contributed by atoms with E-state index in [1.54, 1.807) is 7.05 Å². The van der Waals surface area contributed by atoms with Gasteiger partial charge in [0.1, 0.15) is 12.6 Å². The topological polar surface area (TPSA) is 26.3 Å². The van der Waals surface area contributed by atoms with Gasteiger partial charge in [-0.05, 0) is 29.2 Å². The second-order valence-corrected chi connectivity index (χ2v) is 6.42. The summed E-state index contributed by atoms with van der Waals surface area (Å²) in [4.78, 5) is 2.44. The van der Waals surface area contributed by atoms with E-state index in [-0.39, 0.29) is 10.7 Å². The van der Waals surface area contributed by atoms with Crippen molar-refractivity contribution in [3.63, 3.8) is 0 Å². The molecule has 3 heteroatoms. The molecule has 3 nitrogen and oxygen atoms in total. The van der Waals surface area contributed by atoms with Crippen LogP contribution in [0.2, 0.25) is 0 Å². The molecular formula is C18H20N2O. The first-order valence-electron chi connectivity index (χ1n) is 7.62. The first kappa shape index (κ1) is 12.9. The number of para-hydroxylation sites is 1. The average Bonchev–Trinajstić information content (AvgIpc) is 2.60. The molecule has 0 bridgehead atoms. The molecule has 0 unspecified atom stereocenters. The van der Waals surface area contributed by atoms with Gasteiger partial charge < -0.3 is 14.8 Å². The summed E-state index contributed by atoms with van der Waals surface area (Å²) in [5.41, 5.74) is 5.36. The minimum atomic E-state index is -0.141. The van der Waals surface area contributed by atoms with E-state index in [0.29, 0.717) is 13.1 Å². The minimum absolute atomic E-state index is 0.141. The lowest BCUT2D eigenvalue weighted by molar-refractivity contribution is -0.864. The lowest BCUT2D eigenvalue weighted by Crippen LogP contribution is -2.55. The van der Waals surface area contributed by atoms with E-state index in [2.05, 4.69) is 53.4 Å². The summed E-state index contributed by atoms with van der Waals surface area (Å²) in [5, 5.41) is 12.5. The van der Waals surface area contributed by atoms with Gasteiger partial charge in [-0.25, -0.2) is 0 Å². The van der Waals surface area contributed by atoms with Gasteiger partial charge in [-0.15, -0.1) is 0 Å². The summed E-state index contributed by atoms with van der Waals surface area (Å²) in [6, 6.07) is 17.4. The van der Waals surface area contributed by atoms with E-state index in [0.717, 1.165) is 13.0 Å². The van der Waals surface area contributed by atoms with Crippen LogP contribution in [0.5, 0.6) is 0 Å². The smallest absolute Gasteiger partial charge is 0.104 e. The fourth-order valence-electron chi connectivity index (χ4n) is 3.75. The van der Waals surface area contributed by atoms with Gasteiger partial charge in [0, 0.05) is 5.69 Å². The Morgan fingerprint density at radius 3 is 2.62 bits per heavy atom. The van der Waals surface area contributed by atoms with E-state index in [4.69, 9.17) is 0 Å². The third-order valence-corrected chi connectivity index (χ3v) is 4.85. The van der Waals surface area contributed by atoms with Crippen LogP contribution in [0.4, 0.5) is 5.69 Å². The lowest BCUT2D eigenvalue weighted by Gasteiger charge is -2.50. The lowest BCUT2D eigenvalue weighted by atomic mass is 9.96. The molecule has 0 radical (unpaired) electrons. The molecule has 2 heterocycles. The normalized spacial score (nSPS) is 27.3. The molecule has 0 spiro atoms. The van der Waals surface area contributed by atoms with Gasteiger partial charge in [0.15, 0.2) is 0 Å². The number of quaternary nitrogens is 1. The molecule has 2 aliphatic heterocycles. The van der Waals surface area contributed by atoms with Gasteiger partial charge in [-0.3, -0.25) is 0 Å². The molecule has 2 aliphatic rings. The van der Waals surface area contributed by atoms with Gasteiger partial charge in [-0.1, -0.05) is 42.5 Å². The maximum Gasteiger partial charge on any atom is 0.104 e. The van der Waals surface area contributed by atoms with Crippen LogP contribution < -0.4 is 4.90 Å². The molecule has 2 aromatic carbocycles. The van der Waals surface area contributed by atoms with Crippen LogP contribution in [0.25, 0.3) is 0 Å². The summed E-state index contributed by atoms with van der Waals surface area (Å²) in [7, 11) is 1.80. The fourth-order valence-corrected chi connectivity index (χ4v) is 3.75. The number of piperazine rings is 1. The number of nitrogens with zero attached hydrogens (tertiary/aromatic N) is 2. The van der Waals surface area contributed by atoms with E-state index in [9.17, 15) is 5.21 Å². The Kier molecular flexibility index (Phi) is 2.81. The quantitative estimate of drug-likeness (QED) is 0.547. The molecule has 0 saturated carbocycles. The third-order valence-electron chi connectivity index (χ3n) is 4.85. The number of benzene rings is 2. The average molecular weight is 280 g/mol. The molecule has 0 amide bonds. The fraction of sp³-hybridized carbons (Fsp3) is 0.333. The molecule has 0 N–H and O–H groups in total. The van der Waals surface area contributed by atoms with Crippen molar-refractivity contribution in [2.45, 2.75) is 12.5 Å². The molecule has 1 saturated heterocycles. The van der Waals surface area contributed by atoms with Crippen molar-refractivity contribution in [1.29, 1.82) is 0 Å². The van der Waals surface area contributed by atoms with Crippen molar-refractivity contribution in [3.05, 3.63) is 70.4 Å². The molecule has 0 aliphatic carbocycles. The molecule has 21 heavy (non-hydrogen) atoms. The predicted molar refractivity (Wildman–Crippen MR) is 85.1 cm³/mol. The molecule has 2 aromatic rings. The second-order valence-electron chi connectivity index (χ2n) is 6.42. The molecular weight excluding hydrogens is 260 g/mol. The minimum Gasteiger partial charge on any atom is -0.633 e. The van der Waals surface area contributed by atoms with E-state index in [1.165, 1.54) is 22.4 Å². The highest BCUT2D eigenvalue weighted by Crippen LogP contribution is 2.39. The van der Waals surface area contributed by atoms with Crippen LogP contribution in [0, 0.1) is 5.21 Å². The number of hydroxylamine groups is 3. The Morgan fingerprint density at radius 1 is 1.05 bits per heavy atom. The summed E-state index contributed by atoms with van der Waals surface area (Å²) in [6.07, 6.45) is 0.960. The zero-order chi connectivity index (χ0) is 14.4. The van der Waals surface area contributed by atoms with Gasteiger partial charge in [-0.2, -0.15) is 0 Å². The summed E-state index contributed by atoms with van der Waals surface area (Å²) >= 11 is 0. The predicted octanol–water partition coefficient (Wildman–Crippen LogP) is 3.10. The zero-order valence-corrected chi connectivity index (χ0v) is 12.3. The van der Waals surface area contributed by atoms with Gasteiger partial charge in [0.2, 0.25) is 0 Å². The Balaban J connectivity index is 1.90. The zero-order valence-electron chi connectivity index (χ0n) is 12.3. The van der Waals surface area contributed by atoms with Gasteiger partial charge in [0.05, 0.1) is 20.1 Å². The van der Waals surface area contributed by atoms with Gasteiger partial charge in [0.25, 0.3) is 0 Å². The maximum absolute atomic E-state index is 12.5. The molecule has 1 fully saturated rings. The molecule has 2 atom stereocenters. The number of likely N-dealkylation sites (N-methyl/N-ethyl adjacent to an activating group) is 1. The second kappa shape index (κ2) is 4.58. The monoisotopic (exact) mass is 280 g/mol. The first-order valence-corrected chi connectivity index (χ1v) is 7.62. The SMILES string of the molecule is C[N@@+]1([O-])CCN2c3ccccc3Cc3ccccc3[C@@H]2C1. The van der Waals surface area contributed by atoms with E-state index in [1.807, 2.05) is 0 Å². The number of hydrogen-bond donors (Lipinski definition) is 0. The summed E-state index contributed by atoms with van der Waals surface area (Å²) in [5.74, 6) is 0. The van der Waals surface area contributed by atoms with Crippen molar-refractivity contribution in [1.82, 2.24) is 0 Å². The van der Waals surface area contributed by atoms with Crippen LogP contribution in [0.1, 0.15) is 22.7 Å². The molecule has 4 rings (SSSR count). The van der Waals surface area contributed by atoms with Crippen molar-refractivity contribution in [3.8, 4) is 0 Å². The maximum atomic E-state index is 12.5. The van der Waals surface area contributed by atoms with Crippen LogP contribution >= 0.6 is 0 Å². The Hall–Kier alpha value is -1.84. The van der Waals surface area contributed by atoms with Crippen molar-refractivity contribution in [2.75, 3.05) is 31.6 Å². The summed E-state index contributed by atoms with van der Waals surface area (Å²) in [6.45, 7) is 2.12. The molecule has 0 aromatic heterocycles. The van der Waals surface area contributed by atoms with Crippen LogP contribution in [-0.2, 0) is 6.42 Å². The largest absolute Gasteiger partial charge is 0.633 e. The first-order chi connectivity index (χ1) is 10.1. The Labute approximate surface area is 125 Å². The van der Waals surface area contributed by atoms with Crippen molar-refractivity contribution >= 4 is 5.69 Å². The van der Waals surface area contributed by atoms with Crippen molar-refractivity contribution in [2.24, 2.45) is 0 Å². The van der Waals surface area contributed by atoms with Crippen LogP contribution in [0.15, 0.2) is 48.5 Å². The van der Waals surface area contributed by atoms with Crippen LogP contribution in [0.3, 0.4) is 0 Å². The number of fused-ring (bicyclic) bond motifs is 5. The Morgan fingerprint density at radius 2 is 1.76 bits per heavy atom. The number of rotatable bonds is 0. The van der Waals surface area contributed by atoms with E-state index >= 15 is 0 Å². The standard InChI is InChI=1S/C18H20N2O/c1-20(21)11-10-19-17-9-5-3-7-15(17)12-14-6-2-4-8-16(14)18(19)13-20/h2-9,18H,10-13H2,1H3/t18-,20+/m0/s1. The Bertz CT molecular complexity index is 680. The highest BCUT2D eigenvalue weighted by atomic mass is 16.5. The third kappa shape index (κ3) is 2.13. The highest BCUT2D eigenvalue weighted by molar-refractivity contribution is 5.60. The van der Waals surface area contributed by atoms with Crippen LogP contribution in [-0.4, -0.2) is 31.3 Å².